The molecule has 5 nitrogen and oxygen atoms in total. The quantitative estimate of drug-likeness (QED) is 0.821. The minimum Gasteiger partial charge on any atom is -0.352 e. The normalized spacial score (nSPS) is 12.6. The zero-order chi connectivity index (χ0) is 13.9. The number of aromatic nitrogens is 2. The first-order valence-corrected chi connectivity index (χ1v) is 6.91. The topological polar surface area (TPSA) is 64.0 Å². The lowest BCUT2D eigenvalue weighted by Gasteiger charge is -2.17. The number of hydrogen-bond donors (Lipinski definition) is 1. The molecule has 0 radical (unpaired) electrons. The Bertz CT molecular complexity index is 497. The van der Waals surface area contributed by atoms with Gasteiger partial charge in [-0.3, -0.25) is 14.2 Å². The summed E-state index contributed by atoms with van der Waals surface area (Å²) in [6.45, 7) is 7.80. The highest BCUT2D eigenvalue weighted by Crippen LogP contribution is 2.02. The first kappa shape index (κ1) is 15.1. The lowest BCUT2D eigenvalue weighted by Crippen LogP contribution is -2.40. The molecule has 0 aliphatic heterocycles. The number of halogens is 1. The predicted octanol–water partition coefficient (Wildman–Crippen LogP) is 1.32. The number of nitrogens with one attached hydrogen (secondary N) is 1. The van der Waals surface area contributed by atoms with Gasteiger partial charge in [0.05, 0.1) is 15.6 Å². The maximum Gasteiger partial charge on any atom is 0.267 e. The van der Waals surface area contributed by atoms with Gasteiger partial charge in [-0.25, -0.2) is 4.98 Å². The Morgan fingerprint density at radius 3 is 2.67 bits per heavy atom. The molecule has 1 aromatic rings. The number of aryl methyl sites for hydroxylation is 1. The van der Waals surface area contributed by atoms with E-state index >= 15 is 0 Å². The first-order chi connectivity index (χ1) is 8.32. The van der Waals surface area contributed by atoms with Crippen LogP contribution in [0.5, 0.6) is 0 Å². The Balaban J connectivity index is 2.77. The maximum absolute atomic E-state index is 11.9. The van der Waals surface area contributed by atoms with Crippen molar-refractivity contribution < 1.29 is 4.79 Å². The largest absolute Gasteiger partial charge is 0.352 e. The van der Waals surface area contributed by atoms with Gasteiger partial charge in [-0.15, -0.1) is 0 Å². The third-order valence-corrected chi connectivity index (χ3v) is 4.10. The zero-order valence-electron chi connectivity index (χ0n) is 11.0. The lowest BCUT2D eigenvalue weighted by atomic mass is 10.1. The van der Waals surface area contributed by atoms with Crippen LogP contribution in [-0.2, 0) is 11.3 Å². The second kappa shape index (κ2) is 6.31. The van der Waals surface area contributed by atoms with E-state index in [0.29, 0.717) is 15.2 Å². The number of carbonyl (C=O) groups is 1. The fourth-order valence-electron chi connectivity index (χ4n) is 1.28. The van der Waals surface area contributed by atoms with Crippen molar-refractivity contribution in [1.82, 2.24) is 14.9 Å². The van der Waals surface area contributed by atoms with Gasteiger partial charge in [-0.2, -0.15) is 0 Å². The molecular weight excluding hydrogens is 345 g/mol. The van der Waals surface area contributed by atoms with Crippen LogP contribution in [0.25, 0.3) is 0 Å². The Kier molecular flexibility index (Phi) is 5.30. The summed E-state index contributed by atoms with van der Waals surface area (Å²) < 4.78 is 1.89. The molecule has 0 aliphatic carbocycles. The Hall–Kier alpha value is -0.920. The number of carbonyl (C=O) groups excluding carboxylic acids is 1. The van der Waals surface area contributed by atoms with Gasteiger partial charge in [0.1, 0.15) is 6.54 Å². The highest BCUT2D eigenvalue weighted by molar-refractivity contribution is 14.1. The molecule has 0 fully saturated rings. The van der Waals surface area contributed by atoms with Gasteiger partial charge in [-0.05, 0) is 42.4 Å². The summed E-state index contributed by atoms with van der Waals surface area (Å²) in [5.74, 6) is 0.196. The van der Waals surface area contributed by atoms with E-state index in [1.165, 1.54) is 10.9 Å². The van der Waals surface area contributed by atoms with Crippen molar-refractivity contribution in [3.8, 4) is 0 Å². The minimum atomic E-state index is -0.171. The number of rotatable bonds is 4. The summed E-state index contributed by atoms with van der Waals surface area (Å²) >= 11 is 1.95. The van der Waals surface area contributed by atoms with Crippen molar-refractivity contribution in [1.29, 1.82) is 0 Å². The predicted molar refractivity (Wildman–Crippen MR) is 78.4 cm³/mol. The molecule has 0 bridgehead atoms. The standard InChI is InChI=1S/C12H18IN3O2/c1-7(2)8(3)15-10(17)5-16-6-14-9(4)11(13)12(16)18/h6-8H,5H2,1-4H3,(H,15,17). The van der Waals surface area contributed by atoms with E-state index in [-0.39, 0.29) is 24.1 Å². The summed E-state index contributed by atoms with van der Waals surface area (Å²) in [5.41, 5.74) is 0.517. The van der Waals surface area contributed by atoms with E-state index in [2.05, 4.69) is 10.3 Å². The van der Waals surface area contributed by atoms with Crippen LogP contribution in [0.1, 0.15) is 26.5 Å². The maximum atomic E-state index is 11.9. The van der Waals surface area contributed by atoms with Gasteiger partial charge in [0.25, 0.3) is 5.56 Å². The van der Waals surface area contributed by atoms with E-state index < -0.39 is 0 Å². The monoisotopic (exact) mass is 363 g/mol. The van der Waals surface area contributed by atoms with E-state index in [9.17, 15) is 9.59 Å². The lowest BCUT2D eigenvalue weighted by molar-refractivity contribution is -0.122. The summed E-state index contributed by atoms with van der Waals surface area (Å²) in [5, 5.41) is 2.86. The fraction of sp³-hybridized carbons (Fsp3) is 0.583. The van der Waals surface area contributed by atoms with Crippen molar-refractivity contribution in [2.45, 2.75) is 40.3 Å². The number of hydrogen-bond acceptors (Lipinski definition) is 3. The second-order valence-electron chi connectivity index (χ2n) is 4.68. The minimum absolute atomic E-state index is 0.0131. The molecule has 0 aromatic carbocycles. The highest BCUT2D eigenvalue weighted by atomic mass is 127. The summed E-state index contributed by atoms with van der Waals surface area (Å²) in [6, 6.07) is 0.0886. The molecule has 0 saturated carbocycles. The molecule has 1 N–H and O–H groups in total. The van der Waals surface area contributed by atoms with Crippen LogP contribution in [0.4, 0.5) is 0 Å². The molecule has 1 heterocycles. The number of amides is 1. The zero-order valence-corrected chi connectivity index (χ0v) is 13.2. The summed E-state index contributed by atoms with van der Waals surface area (Å²) in [4.78, 5) is 27.7. The molecule has 1 rings (SSSR count). The smallest absolute Gasteiger partial charge is 0.267 e. The van der Waals surface area contributed by atoms with Gasteiger partial charge >= 0.3 is 0 Å². The van der Waals surface area contributed by atoms with Gasteiger partial charge in [0, 0.05) is 6.04 Å². The van der Waals surface area contributed by atoms with Crippen molar-refractivity contribution in [2.75, 3.05) is 0 Å². The molecular formula is C12H18IN3O2. The first-order valence-electron chi connectivity index (χ1n) is 5.83. The van der Waals surface area contributed by atoms with Crippen molar-refractivity contribution >= 4 is 28.5 Å². The van der Waals surface area contributed by atoms with E-state index in [1.807, 2.05) is 43.4 Å². The van der Waals surface area contributed by atoms with Gasteiger partial charge < -0.3 is 5.32 Å². The Morgan fingerprint density at radius 1 is 1.50 bits per heavy atom. The van der Waals surface area contributed by atoms with E-state index in [4.69, 9.17) is 0 Å². The second-order valence-corrected chi connectivity index (χ2v) is 5.76. The molecule has 100 valence electrons. The average molecular weight is 363 g/mol. The van der Waals surface area contributed by atoms with Crippen LogP contribution in [0, 0.1) is 16.4 Å². The van der Waals surface area contributed by atoms with Crippen LogP contribution < -0.4 is 10.9 Å². The van der Waals surface area contributed by atoms with Crippen LogP contribution in [-0.4, -0.2) is 21.5 Å². The molecule has 0 aliphatic rings. The Labute approximate surface area is 120 Å². The van der Waals surface area contributed by atoms with Gasteiger partial charge in [-0.1, -0.05) is 13.8 Å². The summed E-state index contributed by atoms with van der Waals surface area (Å²) in [6.07, 6.45) is 1.42. The molecule has 1 atom stereocenters. The molecule has 6 heteroatoms. The van der Waals surface area contributed by atoms with Crippen LogP contribution in [0.3, 0.4) is 0 Å². The highest BCUT2D eigenvalue weighted by Gasteiger charge is 2.13. The fourth-order valence-corrected chi connectivity index (χ4v) is 1.73. The molecule has 1 unspecified atom stereocenters. The molecule has 0 saturated heterocycles. The molecule has 1 amide bonds. The van der Waals surface area contributed by atoms with E-state index in [0.717, 1.165) is 0 Å². The van der Waals surface area contributed by atoms with E-state index in [1.54, 1.807) is 6.92 Å². The third kappa shape index (κ3) is 3.79. The average Bonchev–Trinajstić information content (AvgIpc) is 2.29. The molecule has 0 spiro atoms. The third-order valence-electron chi connectivity index (χ3n) is 2.86. The molecule has 1 aromatic heterocycles. The molecule has 18 heavy (non-hydrogen) atoms. The van der Waals surface area contributed by atoms with Gasteiger partial charge in [0.15, 0.2) is 0 Å². The SMILES string of the molecule is Cc1ncn(CC(=O)NC(C)C(C)C)c(=O)c1I. The number of nitrogens with zero attached hydrogens (tertiary/aromatic N) is 2. The van der Waals surface area contributed by atoms with Gasteiger partial charge in [0.2, 0.25) is 5.91 Å². The van der Waals surface area contributed by atoms with Crippen molar-refractivity contribution in [3.63, 3.8) is 0 Å². The van der Waals surface area contributed by atoms with Crippen LogP contribution >= 0.6 is 22.6 Å². The van der Waals surface area contributed by atoms with Crippen LogP contribution in [0.15, 0.2) is 11.1 Å². The van der Waals surface area contributed by atoms with Crippen LogP contribution in [0.2, 0.25) is 0 Å². The summed E-state index contributed by atoms with van der Waals surface area (Å²) in [7, 11) is 0. The Morgan fingerprint density at radius 2 is 2.11 bits per heavy atom. The van der Waals surface area contributed by atoms with Crippen molar-refractivity contribution in [2.24, 2.45) is 5.92 Å². The van der Waals surface area contributed by atoms with Crippen molar-refractivity contribution in [3.05, 3.63) is 25.9 Å².